The van der Waals surface area contributed by atoms with Gasteiger partial charge in [-0.15, -0.1) is 34.2 Å². The minimum atomic E-state index is 0. The van der Waals surface area contributed by atoms with E-state index in [1.54, 1.807) is 20.5 Å². The highest BCUT2D eigenvalue weighted by molar-refractivity contribution is 14.0. The minimum Gasteiger partial charge on any atom is -0.497 e. The van der Waals surface area contributed by atoms with Crippen LogP contribution >= 0.6 is 24.0 Å². The fourth-order valence-electron chi connectivity index (χ4n) is 3.79. The van der Waals surface area contributed by atoms with Gasteiger partial charge in [0.05, 0.1) is 20.8 Å². The molecule has 0 spiro atoms. The Balaban J connectivity index is 0.00000363. The Morgan fingerprint density at radius 2 is 1.91 bits per heavy atom. The third-order valence-electron chi connectivity index (χ3n) is 5.50. The molecule has 0 unspecified atom stereocenters. The quantitative estimate of drug-likeness (QED) is 0.288. The first-order chi connectivity index (χ1) is 15.2. The highest BCUT2D eigenvalue weighted by atomic mass is 127. The second-order valence-corrected chi connectivity index (χ2v) is 7.47. The number of benzene rings is 1. The maximum absolute atomic E-state index is 5.54. The smallest absolute Gasteiger partial charge is 0.194 e. The number of methoxy groups -OCH3 is 2. The van der Waals surface area contributed by atoms with Crippen LogP contribution in [0.25, 0.3) is 0 Å². The molecule has 1 aliphatic rings. The fourth-order valence-corrected chi connectivity index (χ4v) is 3.79. The van der Waals surface area contributed by atoms with Gasteiger partial charge in [-0.2, -0.15) is 0 Å². The standard InChI is InChI=1S/C22H35N7O2.HI/c1-5-21-26-25-17-29(21)10-9-24-22(23-6-2)28-13-11-27(12-14-28)16-18-15-19(30-3)7-8-20(18)31-4;/h7-8,15,17H,5-6,9-14,16H2,1-4H3,(H,23,24);1H. The normalized spacial score (nSPS) is 14.8. The molecule has 9 nitrogen and oxygen atoms in total. The number of halogens is 1. The Kier molecular flexibility index (Phi) is 11.0. The molecule has 32 heavy (non-hydrogen) atoms. The second-order valence-electron chi connectivity index (χ2n) is 7.47. The van der Waals surface area contributed by atoms with Crippen LogP contribution in [0.3, 0.4) is 0 Å². The van der Waals surface area contributed by atoms with Gasteiger partial charge in [0.15, 0.2) is 5.96 Å². The lowest BCUT2D eigenvalue weighted by Crippen LogP contribution is -2.52. The molecule has 1 aromatic carbocycles. The number of piperazine rings is 1. The summed E-state index contributed by atoms with van der Waals surface area (Å²) in [5, 5.41) is 11.6. The number of nitrogens with zero attached hydrogens (tertiary/aromatic N) is 6. The van der Waals surface area contributed by atoms with Gasteiger partial charge in [-0.1, -0.05) is 6.92 Å². The largest absolute Gasteiger partial charge is 0.497 e. The average molecular weight is 557 g/mol. The molecule has 1 aliphatic heterocycles. The van der Waals surface area contributed by atoms with E-state index in [1.807, 2.05) is 12.1 Å². The van der Waals surface area contributed by atoms with Crippen molar-refractivity contribution in [3.8, 4) is 11.5 Å². The maximum Gasteiger partial charge on any atom is 0.194 e. The number of aliphatic imine (C=N–C) groups is 1. The van der Waals surface area contributed by atoms with Crippen LogP contribution in [0.5, 0.6) is 11.5 Å². The van der Waals surface area contributed by atoms with E-state index in [1.165, 1.54) is 0 Å². The molecule has 0 aliphatic carbocycles. The molecule has 0 amide bonds. The van der Waals surface area contributed by atoms with E-state index in [0.29, 0.717) is 6.54 Å². The first-order valence-corrected chi connectivity index (χ1v) is 11.0. The topological polar surface area (TPSA) is 80.0 Å². The van der Waals surface area contributed by atoms with E-state index in [4.69, 9.17) is 14.5 Å². The highest BCUT2D eigenvalue weighted by Crippen LogP contribution is 2.25. The Bertz CT molecular complexity index is 851. The third kappa shape index (κ3) is 6.96. The maximum atomic E-state index is 5.54. The van der Waals surface area contributed by atoms with Crippen molar-refractivity contribution in [2.24, 2.45) is 4.99 Å². The van der Waals surface area contributed by atoms with E-state index >= 15 is 0 Å². The molecule has 2 heterocycles. The van der Waals surface area contributed by atoms with Crippen molar-refractivity contribution in [1.29, 1.82) is 0 Å². The van der Waals surface area contributed by atoms with Gasteiger partial charge in [0.25, 0.3) is 0 Å². The summed E-state index contributed by atoms with van der Waals surface area (Å²) in [5.74, 6) is 3.74. The van der Waals surface area contributed by atoms with Crippen LogP contribution in [0.1, 0.15) is 25.2 Å². The Morgan fingerprint density at radius 1 is 1.12 bits per heavy atom. The number of guanidine groups is 1. The fraction of sp³-hybridized carbons (Fsp3) is 0.591. The summed E-state index contributed by atoms with van der Waals surface area (Å²) in [6.07, 6.45) is 2.66. The van der Waals surface area contributed by atoms with Crippen LogP contribution in [0.15, 0.2) is 29.5 Å². The van der Waals surface area contributed by atoms with Gasteiger partial charge in [-0.05, 0) is 25.1 Å². The number of aromatic nitrogens is 3. The van der Waals surface area contributed by atoms with Crippen molar-refractivity contribution in [3.63, 3.8) is 0 Å². The Hall–Kier alpha value is -2.08. The number of rotatable bonds is 9. The molecule has 1 aromatic heterocycles. The minimum absolute atomic E-state index is 0. The van der Waals surface area contributed by atoms with E-state index < -0.39 is 0 Å². The van der Waals surface area contributed by atoms with Crippen molar-refractivity contribution in [3.05, 3.63) is 35.9 Å². The number of hydrogen-bond acceptors (Lipinski definition) is 6. The number of ether oxygens (including phenoxy) is 2. The average Bonchev–Trinajstić information content (AvgIpc) is 3.26. The van der Waals surface area contributed by atoms with Crippen LogP contribution in [0, 0.1) is 0 Å². The van der Waals surface area contributed by atoms with E-state index in [9.17, 15) is 0 Å². The molecule has 0 radical (unpaired) electrons. The van der Waals surface area contributed by atoms with Crippen molar-refractivity contribution >= 4 is 29.9 Å². The molecule has 0 saturated carbocycles. The zero-order valence-electron chi connectivity index (χ0n) is 19.6. The number of aryl methyl sites for hydroxylation is 1. The molecule has 178 valence electrons. The molecular weight excluding hydrogens is 521 g/mol. The van der Waals surface area contributed by atoms with Crippen LogP contribution in [-0.4, -0.2) is 84.0 Å². The summed E-state index contributed by atoms with van der Waals surface area (Å²) in [6, 6.07) is 5.97. The molecule has 10 heteroatoms. The van der Waals surface area contributed by atoms with Crippen LogP contribution in [0.2, 0.25) is 0 Å². The SMILES string of the molecule is CCNC(=NCCn1cnnc1CC)N1CCN(Cc2cc(OC)ccc2OC)CC1.I. The van der Waals surface area contributed by atoms with Crippen LogP contribution in [0.4, 0.5) is 0 Å². The highest BCUT2D eigenvalue weighted by Gasteiger charge is 2.21. The van der Waals surface area contributed by atoms with Crippen LogP contribution < -0.4 is 14.8 Å². The summed E-state index contributed by atoms with van der Waals surface area (Å²) in [4.78, 5) is 9.64. The van der Waals surface area contributed by atoms with Gasteiger partial charge in [0.1, 0.15) is 23.7 Å². The molecular formula is C22H36IN7O2. The van der Waals surface area contributed by atoms with Gasteiger partial charge in [-0.25, -0.2) is 0 Å². The summed E-state index contributed by atoms with van der Waals surface area (Å²) < 4.78 is 13.0. The van der Waals surface area contributed by atoms with E-state index in [0.717, 1.165) is 81.1 Å². The lowest BCUT2D eigenvalue weighted by Gasteiger charge is -2.36. The predicted octanol–water partition coefficient (Wildman–Crippen LogP) is 2.26. The molecule has 1 saturated heterocycles. The summed E-state index contributed by atoms with van der Waals surface area (Å²) >= 11 is 0. The second kappa shape index (κ2) is 13.5. The Morgan fingerprint density at radius 3 is 2.56 bits per heavy atom. The van der Waals surface area contributed by atoms with Gasteiger partial charge in [0, 0.05) is 57.8 Å². The summed E-state index contributed by atoms with van der Waals surface area (Å²) in [6.45, 7) is 11.2. The van der Waals surface area contributed by atoms with Gasteiger partial charge >= 0.3 is 0 Å². The summed E-state index contributed by atoms with van der Waals surface area (Å²) in [5.41, 5.74) is 1.15. The van der Waals surface area contributed by atoms with Crippen LogP contribution in [-0.2, 0) is 19.5 Å². The first kappa shape index (κ1) is 26.2. The van der Waals surface area contributed by atoms with Gasteiger partial charge in [-0.3, -0.25) is 9.89 Å². The van der Waals surface area contributed by atoms with Gasteiger partial charge in [0.2, 0.25) is 0 Å². The molecule has 0 bridgehead atoms. The van der Waals surface area contributed by atoms with Crippen molar-refractivity contribution in [2.75, 3.05) is 53.5 Å². The lowest BCUT2D eigenvalue weighted by atomic mass is 10.1. The summed E-state index contributed by atoms with van der Waals surface area (Å²) in [7, 11) is 3.41. The molecule has 3 rings (SSSR count). The van der Waals surface area contributed by atoms with E-state index in [-0.39, 0.29) is 24.0 Å². The van der Waals surface area contributed by atoms with Crippen molar-refractivity contribution in [1.82, 2.24) is 29.9 Å². The third-order valence-corrected chi connectivity index (χ3v) is 5.50. The lowest BCUT2D eigenvalue weighted by molar-refractivity contribution is 0.171. The van der Waals surface area contributed by atoms with Crippen molar-refractivity contribution in [2.45, 2.75) is 33.4 Å². The molecule has 0 atom stereocenters. The monoisotopic (exact) mass is 557 g/mol. The van der Waals surface area contributed by atoms with E-state index in [2.05, 4.69) is 49.8 Å². The molecule has 2 aromatic rings. The zero-order valence-corrected chi connectivity index (χ0v) is 21.9. The molecule has 1 fully saturated rings. The molecule has 1 N–H and O–H groups in total. The predicted molar refractivity (Wildman–Crippen MR) is 137 cm³/mol. The van der Waals surface area contributed by atoms with Gasteiger partial charge < -0.3 is 24.3 Å². The Labute approximate surface area is 208 Å². The number of hydrogen-bond donors (Lipinski definition) is 1. The van der Waals surface area contributed by atoms with Crippen molar-refractivity contribution < 1.29 is 9.47 Å². The first-order valence-electron chi connectivity index (χ1n) is 11.0. The number of nitrogens with one attached hydrogen (secondary N) is 1. The zero-order chi connectivity index (χ0) is 22.1.